The third kappa shape index (κ3) is 6.91. The topological polar surface area (TPSA) is 58.5 Å². The summed E-state index contributed by atoms with van der Waals surface area (Å²) >= 11 is 7.05. The molecule has 0 bridgehead atoms. The number of nitrogens with zero attached hydrogens (tertiary/aromatic N) is 2. The van der Waals surface area contributed by atoms with E-state index >= 15 is 0 Å². The second-order valence-electron chi connectivity index (χ2n) is 5.61. The fraction of sp³-hybridized carbons (Fsp3) is 0.412. The van der Waals surface area contributed by atoms with Crippen molar-refractivity contribution < 1.29 is 17.9 Å². The number of nitrogens with one attached hydrogen (secondary N) is 2. The number of aromatic nitrogens is 1. The number of ether oxygens (including phenoxy) is 1. The molecule has 0 saturated carbocycles. The molecule has 0 aliphatic heterocycles. The van der Waals surface area contributed by atoms with Crippen LogP contribution in [0.1, 0.15) is 17.6 Å². The third-order valence-electron chi connectivity index (χ3n) is 3.42. The summed E-state index contributed by atoms with van der Waals surface area (Å²) in [5.74, 6) is 1.12. The maximum absolute atomic E-state index is 12.5. The molecule has 1 atom stereocenters. The van der Waals surface area contributed by atoms with Gasteiger partial charge in [-0.1, -0.05) is 23.7 Å². The van der Waals surface area contributed by atoms with Crippen molar-refractivity contribution in [3.8, 4) is 5.75 Å². The molecule has 10 heteroatoms. The van der Waals surface area contributed by atoms with Crippen LogP contribution in [0, 0.1) is 0 Å². The number of hydrogen-bond acceptors (Lipinski definition) is 4. The molecule has 0 spiro atoms. The highest BCUT2D eigenvalue weighted by atomic mass is 35.5. The fourth-order valence-corrected chi connectivity index (χ4v) is 3.09. The Morgan fingerprint density at radius 3 is 2.70 bits per heavy atom. The minimum absolute atomic E-state index is 0.170. The lowest BCUT2D eigenvalue weighted by Gasteiger charge is -2.18. The number of aliphatic imine (C=N–C) groups is 1. The van der Waals surface area contributed by atoms with Crippen LogP contribution in [0.4, 0.5) is 13.2 Å². The Morgan fingerprint density at radius 2 is 2.07 bits per heavy atom. The van der Waals surface area contributed by atoms with Crippen molar-refractivity contribution in [1.82, 2.24) is 15.6 Å². The minimum atomic E-state index is -4.41. The van der Waals surface area contributed by atoms with Crippen molar-refractivity contribution in [2.75, 3.05) is 20.1 Å². The van der Waals surface area contributed by atoms with Crippen LogP contribution in [0.2, 0.25) is 5.02 Å². The van der Waals surface area contributed by atoms with Gasteiger partial charge < -0.3 is 15.4 Å². The van der Waals surface area contributed by atoms with Gasteiger partial charge in [0.05, 0.1) is 16.6 Å². The lowest BCUT2D eigenvalue weighted by atomic mass is 10.3. The molecule has 1 heterocycles. The van der Waals surface area contributed by atoms with Gasteiger partial charge >= 0.3 is 6.18 Å². The number of para-hydroxylation sites is 1. The highest BCUT2D eigenvalue weighted by Gasteiger charge is 2.33. The zero-order chi connectivity index (χ0) is 19.9. The first-order valence-corrected chi connectivity index (χ1v) is 9.42. The molecule has 27 heavy (non-hydrogen) atoms. The van der Waals surface area contributed by atoms with Crippen LogP contribution >= 0.6 is 22.9 Å². The molecule has 0 aliphatic rings. The van der Waals surface area contributed by atoms with Gasteiger partial charge in [0.25, 0.3) is 0 Å². The molecule has 5 nitrogen and oxygen atoms in total. The first-order valence-electron chi connectivity index (χ1n) is 8.17. The van der Waals surface area contributed by atoms with Gasteiger partial charge in [0.1, 0.15) is 11.9 Å². The number of guanidine groups is 1. The summed E-state index contributed by atoms with van der Waals surface area (Å²) in [4.78, 5) is 7.67. The first-order chi connectivity index (χ1) is 12.8. The molecule has 0 fully saturated rings. The van der Waals surface area contributed by atoms with Crippen molar-refractivity contribution in [3.05, 3.63) is 45.4 Å². The summed E-state index contributed by atoms with van der Waals surface area (Å²) in [6.45, 7) is 2.77. The molecule has 0 radical (unpaired) electrons. The fourth-order valence-electron chi connectivity index (χ4n) is 2.10. The number of rotatable bonds is 7. The maximum Gasteiger partial charge on any atom is 0.434 e. The Balaban J connectivity index is 1.74. The van der Waals surface area contributed by atoms with Gasteiger partial charge in [0, 0.05) is 25.4 Å². The second-order valence-corrected chi connectivity index (χ2v) is 6.96. The molecule has 1 unspecified atom stereocenters. The molecule has 148 valence electrons. The average Bonchev–Trinajstić information content (AvgIpc) is 3.09. The van der Waals surface area contributed by atoms with Crippen molar-refractivity contribution in [3.63, 3.8) is 0 Å². The Kier molecular flexibility index (Phi) is 7.73. The summed E-state index contributed by atoms with van der Waals surface area (Å²) in [5.41, 5.74) is -0.851. The predicted octanol–water partition coefficient (Wildman–Crippen LogP) is 3.99. The SMILES string of the molecule is CN=C(NCCc1nc(C(F)(F)F)cs1)NCC(C)Oc1ccccc1Cl. The van der Waals surface area contributed by atoms with Crippen LogP contribution in [0.5, 0.6) is 5.75 Å². The van der Waals surface area contributed by atoms with Gasteiger partial charge in [0.2, 0.25) is 0 Å². The standard InChI is InChI=1S/C17H20ClF3N4OS/c1-11(26-13-6-4-3-5-12(13)18)9-24-16(22-2)23-8-7-15-25-14(10-27-15)17(19,20)21/h3-6,10-11H,7-9H2,1-2H3,(H2,22,23,24). The highest BCUT2D eigenvalue weighted by Crippen LogP contribution is 2.30. The molecular weight excluding hydrogens is 401 g/mol. The summed E-state index contributed by atoms with van der Waals surface area (Å²) in [7, 11) is 1.61. The van der Waals surface area contributed by atoms with Crippen molar-refractivity contribution in [1.29, 1.82) is 0 Å². The number of benzene rings is 1. The summed E-state index contributed by atoms with van der Waals surface area (Å²) < 4.78 is 43.4. The Bertz CT molecular complexity index is 767. The molecule has 0 aliphatic carbocycles. The summed E-state index contributed by atoms with van der Waals surface area (Å²) in [6.07, 6.45) is -4.21. The third-order valence-corrected chi connectivity index (χ3v) is 4.64. The van der Waals surface area contributed by atoms with E-state index in [0.717, 1.165) is 16.7 Å². The second kappa shape index (κ2) is 9.80. The van der Waals surface area contributed by atoms with E-state index in [1.165, 1.54) is 0 Å². The summed E-state index contributed by atoms with van der Waals surface area (Å²) in [5, 5.41) is 8.11. The van der Waals surface area contributed by atoms with Gasteiger partial charge in [-0.05, 0) is 19.1 Å². The van der Waals surface area contributed by atoms with Crippen molar-refractivity contribution in [2.45, 2.75) is 25.6 Å². The van der Waals surface area contributed by atoms with Gasteiger partial charge in [-0.3, -0.25) is 4.99 Å². The van der Waals surface area contributed by atoms with E-state index in [-0.39, 0.29) is 6.10 Å². The molecule has 2 aromatic rings. The van der Waals surface area contributed by atoms with Crippen LogP contribution in [0.25, 0.3) is 0 Å². The molecule has 2 rings (SSSR count). The monoisotopic (exact) mass is 420 g/mol. The number of halogens is 4. The number of thiazole rings is 1. The van der Waals surface area contributed by atoms with Crippen molar-refractivity contribution in [2.24, 2.45) is 4.99 Å². The van der Waals surface area contributed by atoms with E-state index in [9.17, 15) is 13.2 Å². The zero-order valence-electron chi connectivity index (χ0n) is 14.8. The van der Waals surface area contributed by atoms with E-state index in [1.807, 2.05) is 19.1 Å². The van der Waals surface area contributed by atoms with E-state index in [0.29, 0.717) is 41.2 Å². The molecule has 0 saturated heterocycles. The quantitative estimate of drug-likeness (QED) is 0.525. The maximum atomic E-state index is 12.5. The van der Waals surface area contributed by atoms with Gasteiger partial charge in [-0.2, -0.15) is 13.2 Å². The van der Waals surface area contributed by atoms with E-state index in [1.54, 1.807) is 19.2 Å². The molecule has 1 aromatic heterocycles. The van der Waals surface area contributed by atoms with Crippen molar-refractivity contribution >= 4 is 28.9 Å². The van der Waals surface area contributed by atoms with Gasteiger partial charge in [-0.25, -0.2) is 4.98 Å². The Morgan fingerprint density at radius 1 is 1.33 bits per heavy atom. The molecule has 1 aromatic carbocycles. The van der Waals surface area contributed by atoms with Crippen LogP contribution in [0.15, 0.2) is 34.6 Å². The van der Waals surface area contributed by atoms with Gasteiger partial charge in [-0.15, -0.1) is 11.3 Å². The average molecular weight is 421 g/mol. The molecular formula is C17H20ClF3N4OS. The van der Waals surface area contributed by atoms with Crippen LogP contribution in [-0.4, -0.2) is 37.2 Å². The Hall–Kier alpha value is -2.00. The van der Waals surface area contributed by atoms with E-state index < -0.39 is 11.9 Å². The minimum Gasteiger partial charge on any atom is -0.487 e. The molecule has 0 amide bonds. The van der Waals surface area contributed by atoms with Gasteiger partial charge in [0.15, 0.2) is 11.7 Å². The smallest absolute Gasteiger partial charge is 0.434 e. The van der Waals surface area contributed by atoms with Crippen LogP contribution in [0.3, 0.4) is 0 Å². The van der Waals surface area contributed by atoms with E-state index in [2.05, 4.69) is 20.6 Å². The van der Waals surface area contributed by atoms with E-state index in [4.69, 9.17) is 16.3 Å². The first kappa shape index (κ1) is 21.3. The Labute approximate surface area is 164 Å². The lowest BCUT2D eigenvalue weighted by Crippen LogP contribution is -2.42. The lowest BCUT2D eigenvalue weighted by molar-refractivity contribution is -0.140. The highest BCUT2D eigenvalue weighted by molar-refractivity contribution is 7.09. The zero-order valence-corrected chi connectivity index (χ0v) is 16.4. The van der Waals surface area contributed by atoms with Crippen LogP contribution < -0.4 is 15.4 Å². The normalized spacial score (nSPS) is 13.3. The largest absolute Gasteiger partial charge is 0.487 e. The predicted molar refractivity (Wildman–Crippen MR) is 102 cm³/mol. The number of alkyl halides is 3. The molecule has 2 N–H and O–H groups in total. The summed E-state index contributed by atoms with van der Waals surface area (Å²) in [6, 6.07) is 7.20. The number of hydrogen-bond donors (Lipinski definition) is 2. The van der Waals surface area contributed by atoms with Crippen LogP contribution in [-0.2, 0) is 12.6 Å².